The van der Waals surface area contributed by atoms with Crippen LogP contribution in [0.25, 0.3) is 0 Å². The summed E-state index contributed by atoms with van der Waals surface area (Å²) in [4.78, 5) is 16.4. The van der Waals surface area contributed by atoms with Crippen molar-refractivity contribution in [3.05, 3.63) is 35.3 Å². The van der Waals surface area contributed by atoms with Gasteiger partial charge in [-0.3, -0.25) is 9.48 Å². The zero-order valence-electron chi connectivity index (χ0n) is 11.5. The second-order valence-electron chi connectivity index (χ2n) is 4.31. The van der Waals surface area contributed by atoms with Crippen molar-refractivity contribution in [2.24, 2.45) is 7.05 Å². The molecule has 0 aromatic carbocycles. The van der Waals surface area contributed by atoms with E-state index in [1.165, 1.54) is 0 Å². The molecule has 0 aliphatic heterocycles. The van der Waals surface area contributed by atoms with Crippen LogP contribution in [0.2, 0.25) is 0 Å². The third kappa shape index (κ3) is 2.57. The summed E-state index contributed by atoms with van der Waals surface area (Å²) in [6.07, 6.45) is 1.62. The predicted molar refractivity (Wildman–Crippen MR) is 74.4 cm³/mol. The van der Waals surface area contributed by atoms with E-state index in [2.05, 4.69) is 20.7 Å². The molecular weight excluding hydrogens is 242 g/mol. The first-order valence-corrected chi connectivity index (χ1v) is 5.98. The minimum Gasteiger partial charge on any atom is -0.373 e. The summed E-state index contributed by atoms with van der Waals surface area (Å²) in [7, 11) is 3.62. The minimum atomic E-state index is -0.165. The summed E-state index contributed by atoms with van der Waals surface area (Å²) >= 11 is 0. The summed E-state index contributed by atoms with van der Waals surface area (Å²) in [6.45, 7) is 3.70. The van der Waals surface area contributed by atoms with Crippen LogP contribution < -0.4 is 10.6 Å². The molecule has 1 amide bonds. The Balaban J connectivity index is 2.20. The summed E-state index contributed by atoms with van der Waals surface area (Å²) in [5, 5.41) is 9.98. The maximum atomic E-state index is 12.2. The third-order valence-corrected chi connectivity index (χ3v) is 3.01. The van der Waals surface area contributed by atoms with Crippen molar-refractivity contribution < 1.29 is 4.79 Å². The van der Waals surface area contributed by atoms with Gasteiger partial charge < -0.3 is 10.6 Å². The van der Waals surface area contributed by atoms with Gasteiger partial charge >= 0.3 is 0 Å². The molecule has 0 fully saturated rings. The number of carbonyl (C=O) groups excluding carboxylic acids is 1. The zero-order valence-corrected chi connectivity index (χ0v) is 11.5. The van der Waals surface area contributed by atoms with Crippen LogP contribution in [0.4, 0.5) is 11.5 Å². The third-order valence-electron chi connectivity index (χ3n) is 3.01. The molecule has 2 aromatic heterocycles. The van der Waals surface area contributed by atoms with E-state index in [1.807, 2.05) is 20.9 Å². The lowest BCUT2D eigenvalue weighted by molar-refractivity contribution is 0.102. The van der Waals surface area contributed by atoms with E-state index in [-0.39, 0.29) is 5.91 Å². The monoisotopic (exact) mass is 259 g/mol. The first-order valence-electron chi connectivity index (χ1n) is 5.98. The van der Waals surface area contributed by atoms with Gasteiger partial charge in [-0.25, -0.2) is 4.98 Å². The predicted octanol–water partition coefficient (Wildman–Crippen LogP) is 1.73. The molecule has 0 aliphatic carbocycles. The maximum absolute atomic E-state index is 12.2. The number of hydrogen-bond donors (Lipinski definition) is 2. The number of rotatable bonds is 3. The number of hydrogen-bond acceptors (Lipinski definition) is 4. The topological polar surface area (TPSA) is 71.8 Å². The number of aromatic nitrogens is 3. The van der Waals surface area contributed by atoms with Gasteiger partial charge in [-0.15, -0.1) is 0 Å². The Morgan fingerprint density at radius 3 is 2.53 bits per heavy atom. The molecule has 0 radical (unpaired) electrons. The van der Waals surface area contributed by atoms with Crippen molar-refractivity contribution >= 4 is 17.4 Å². The SMILES string of the molecule is CNc1ccc(NC(=O)c2c(C)nn(C)c2C)cn1. The van der Waals surface area contributed by atoms with E-state index in [0.29, 0.717) is 11.3 Å². The van der Waals surface area contributed by atoms with Gasteiger partial charge in [0.1, 0.15) is 5.82 Å². The highest BCUT2D eigenvalue weighted by Gasteiger charge is 2.17. The molecule has 100 valence electrons. The standard InChI is InChI=1S/C13H17N5O/c1-8-12(9(2)18(4)17-8)13(19)16-10-5-6-11(14-3)15-7-10/h5-7H,1-4H3,(H,14,15)(H,16,19). The van der Waals surface area contributed by atoms with Gasteiger partial charge in [-0.1, -0.05) is 0 Å². The number of carbonyl (C=O) groups is 1. The highest BCUT2D eigenvalue weighted by Crippen LogP contribution is 2.15. The highest BCUT2D eigenvalue weighted by molar-refractivity contribution is 6.05. The van der Waals surface area contributed by atoms with Gasteiger partial charge in [0.15, 0.2) is 0 Å². The van der Waals surface area contributed by atoms with Crippen molar-refractivity contribution in [2.45, 2.75) is 13.8 Å². The van der Waals surface area contributed by atoms with Crippen LogP contribution in [0, 0.1) is 13.8 Å². The highest BCUT2D eigenvalue weighted by atomic mass is 16.1. The molecule has 0 spiro atoms. The molecule has 0 aliphatic rings. The molecule has 6 heteroatoms. The van der Waals surface area contributed by atoms with Crippen LogP contribution in [0.1, 0.15) is 21.7 Å². The molecule has 2 heterocycles. The first kappa shape index (κ1) is 13.1. The van der Waals surface area contributed by atoms with Crippen LogP contribution in [-0.2, 0) is 7.05 Å². The van der Waals surface area contributed by atoms with E-state index in [9.17, 15) is 4.79 Å². The number of nitrogens with zero attached hydrogens (tertiary/aromatic N) is 3. The zero-order chi connectivity index (χ0) is 14.0. The number of pyridine rings is 1. The molecule has 0 bridgehead atoms. The van der Waals surface area contributed by atoms with E-state index in [0.717, 1.165) is 17.2 Å². The lowest BCUT2D eigenvalue weighted by atomic mass is 10.2. The quantitative estimate of drug-likeness (QED) is 0.880. The Morgan fingerprint density at radius 2 is 2.05 bits per heavy atom. The molecule has 2 aromatic rings. The van der Waals surface area contributed by atoms with Crippen molar-refractivity contribution in [3.8, 4) is 0 Å². The first-order chi connectivity index (χ1) is 9.02. The van der Waals surface area contributed by atoms with Crippen LogP contribution >= 0.6 is 0 Å². The molecule has 0 saturated carbocycles. The largest absolute Gasteiger partial charge is 0.373 e. The molecule has 0 atom stereocenters. The number of nitrogens with one attached hydrogen (secondary N) is 2. The second kappa shape index (κ2) is 5.09. The Kier molecular flexibility index (Phi) is 3.50. The van der Waals surface area contributed by atoms with Gasteiger partial charge in [0.25, 0.3) is 5.91 Å². The fourth-order valence-corrected chi connectivity index (χ4v) is 1.91. The number of aryl methyl sites for hydroxylation is 2. The molecule has 2 rings (SSSR count). The fourth-order valence-electron chi connectivity index (χ4n) is 1.91. The van der Waals surface area contributed by atoms with E-state index in [1.54, 1.807) is 30.1 Å². The summed E-state index contributed by atoms with van der Waals surface area (Å²) in [5.41, 5.74) is 2.83. The van der Waals surface area contributed by atoms with E-state index in [4.69, 9.17) is 0 Å². The number of amides is 1. The van der Waals surface area contributed by atoms with Gasteiger partial charge in [-0.05, 0) is 26.0 Å². The van der Waals surface area contributed by atoms with Gasteiger partial charge in [0.2, 0.25) is 0 Å². The van der Waals surface area contributed by atoms with Crippen molar-refractivity contribution in [1.29, 1.82) is 0 Å². The lowest BCUT2D eigenvalue weighted by Crippen LogP contribution is -2.14. The molecule has 0 saturated heterocycles. The normalized spacial score (nSPS) is 10.3. The smallest absolute Gasteiger partial charge is 0.259 e. The molecule has 0 unspecified atom stereocenters. The average molecular weight is 259 g/mol. The van der Waals surface area contributed by atoms with Gasteiger partial charge in [0.05, 0.1) is 23.1 Å². The van der Waals surface area contributed by atoms with E-state index >= 15 is 0 Å². The summed E-state index contributed by atoms with van der Waals surface area (Å²) in [5.74, 6) is 0.592. The Labute approximate surface area is 111 Å². The Hall–Kier alpha value is -2.37. The molecule has 19 heavy (non-hydrogen) atoms. The average Bonchev–Trinajstić information content (AvgIpc) is 2.64. The van der Waals surface area contributed by atoms with Gasteiger partial charge in [0, 0.05) is 19.8 Å². The fraction of sp³-hybridized carbons (Fsp3) is 0.308. The second-order valence-corrected chi connectivity index (χ2v) is 4.31. The molecule has 2 N–H and O–H groups in total. The van der Waals surface area contributed by atoms with Crippen LogP contribution in [0.15, 0.2) is 18.3 Å². The summed E-state index contributed by atoms with van der Waals surface area (Å²) in [6, 6.07) is 3.61. The van der Waals surface area contributed by atoms with Crippen LogP contribution in [0.5, 0.6) is 0 Å². The lowest BCUT2D eigenvalue weighted by Gasteiger charge is -2.06. The molecular formula is C13H17N5O. The van der Waals surface area contributed by atoms with Crippen molar-refractivity contribution in [3.63, 3.8) is 0 Å². The minimum absolute atomic E-state index is 0.165. The summed E-state index contributed by atoms with van der Waals surface area (Å²) < 4.78 is 1.70. The van der Waals surface area contributed by atoms with Crippen LogP contribution in [0.3, 0.4) is 0 Å². The van der Waals surface area contributed by atoms with E-state index < -0.39 is 0 Å². The maximum Gasteiger partial charge on any atom is 0.259 e. The Bertz CT molecular complexity index is 600. The van der Waals surface area contributed by atoms with Gasteiger partial charge in [-0.2, -0.15) is 5.10 Å². The van der Waals surface area contributed by atoms with Crippen molar-refractivity contribution in [2.75, 3.05) is 17.7 Å². The number of anilines is 2. The molecule has 6 nitrogen and oxygen atoms in total. The van der Waals surface area contributed by atoms with Crippen LogP contribution in [-0.4, -0.2) is 27.7 Å². The Morgan fingerprint density at radius 1 is 1.32 bits per heavy atom. The van der Waals surface area contributed by atoms with Crippen molar-refractivity contribution in [1.82, 2.24) is 14.8 Å².